The zero-order chi connectivity index (χ0) is 19.3. The van der Waals surface area contributed by atoms with Crippen molar-refractivity contribution in [3.63, 3.8) is 0 Å². The summed E-state index contributed by atoms with van der Waals surface area (Å²) in [5, 5.41) is 4.65. The second-order valence-corrected chi connectivity index (χ2v) is 7.88. The number of nitrogens with one attached hydrogen (secondary N) is 1. The van der Waals surface area contributed by atoms with Gasteiger partial charge in [-0.2, -0.15) is 0 Å². The van der Waals surface area contributed by atoms with Gasteiger partial charge in [-0.1, -0.05) is 0 Å². The van der Waals surface area contributed by atoms with Crippen molar-refractivity contribution in [2.45, 2.75) is 32.9 Å². The molecule has 1 N–H and O–H groups in total. The van der Waals surface area contributed by atoms with Gasteiger partial charge in [0.05, 0.1) is 11.2 Å². The summed E-state index contributed by atoms with van der Waals surface area (Å²) < 4.78 is 2.02. The molecule has 28 heavy (non-hydrogen) atoms. The van der Waals surface area contributed by atoms with E-state index in [1.54, 1.807) is 0 Å². The summed E-state index contributed by atoms with van der Waals surface area (Å²) in [6.45, 7) is 8.49. The number of imidazole rings is 1. The van der Waals surface area contributed by atoms with E-state index in [4.69, 9.17) is 4.98 Å². The van der Waals surface area contributed by atoms with Crippen LogP contribution in [0.25, 0.3) is 27.9 Å². The number of nitrogens with zero attached hydrogens (tertiary/aromatic N) is 5. The zero-order valence-corrected chi connectivity index (χ0v) is 16.4. The van der Waals surface area contributed by atoms with Gasteiger partial charge in [-0.3, -0.25) is 0 Å². The third-order valence-electron chi connectivity index (χ3n) is 5.32. The van der Waals surface area contributed by atoms with Crippen LogP contribution in [0.5, 0.6) is 0 Å². The highest BCUT2D eigenvalue weighted by molar-refractivity contribution is 5.83. The minimum Gasteiger partial charge on any atom is -0.368 e. The van der Waals surface area contributed by atoms with Crippen LogP contribution in [0.3, 0.4) is 0 Å². The lowest BCUT2D eigenvalue weighted by Crippen LogP contribution is -2.54. The highest BCUT2D eigenvalue weighted by Gasteiger charge is 2.21. The normalized spacial score (nSPS) is 20.2. The molecule has 1 aliphatic heterocycles. The monoisotopic (exact) mass is 372 g/mol. The molecule has 0 aliphatic carbocycles. The summed E-state index contributed by atoms with van der Waals surface area (Å²) in [5.41, 5.74) is 5.12. The molecule has 1 saturated heterocycles. The molecule has 4 heterocycles. The molecule has 3 aromatic heterocycles. The van der Waals surface area contributed by atoms with Crippen molar-refractivity contribution < 1.29 is 0 Å². The van der Waals surface area contributed by atoms with E-state index in [9.17, 15) is 0 Å². The smallest absolute Gasteiger partial charge is 0.161 e. The molecule has 5 rings (SSSR count). The molecule has 1 aliphatic rings. The van der Waals surface area contributed by atoms with Gasteiger partial charge in [0.2, 0.25) is 0 Å². The summed E-state index contributed by atoms with van der Waals surface area (Å²) in [6, 6.07) is 11.5. The fraction of sp³-hybridized carbons (Fsp3) is 0.318. The Bertz CT molecular complexity index is 1150. The van der Waals surface area contributed by atoms with Crippen LogP contribution >= 0.6 is 0 Å². The maximum atomic E-state index is 4.80. The molecule has 4 aromatic rings. The quantitative estimate of drug-likeness (QED) is 0.584. The Labute approximate surface area is 164 Å². The Hall–Kier alpha value is -2.99. The van der Waals surface area contributed by atoms with Crippen LogP contribution in [0.2, 0.25) is 0 Å². The highest BCUT2D eigenvalue weighted by atomic mass is 15.2. The first-order valence-electron chi connectivity index (χ1n) is 9.79. The van der Waals surface area contributed by atoms with Crippen LogP contribution in [-0.2, 0) is 0 Å². The maximum absolute atomic E-state index is 4.80. The van der Waals surface area contributed by atoms with Crippen LogP contribution in [0.15, 0.2) is 48.9 Å². The van der Waals surface area contributed by atoms with Crippen LogP contribution in [-0.4, -0.2) is 44.5 Å². The van der Waals surface area contributed by atoms with Gasteiger partial charge in [0, 0.05) is 60.4 Å². The summed E-state index contributed by atoms with van der Waals surface area (Å²) in [5.74, 6) is 0.734. The molecule has 0 amide bonds. The van der Waals surface area contributed by atoms with E-state index in [0.29, 0.717) is 12.1 Å². The standard InChI is InChI=1S/C22H24N6/c1-14-10-27(11-15(2)24-14)19-5-6-20-18(8-19)9-23-22(26-20)17-4-7-21-25-16(3)12-28(21)13-17/h4-9,12-15,24H,10-11H2,1-3H3/t14-,15-/m0/s1. The van der Waals surface area contributed by atoms with Crippen molar-refractivity contribution >= 4 is 22.2 Å². The Morgan fingerprint density at radius 2 is 1.82 bits per heavy atom. The number of aromatic nitrogens is 4. The van der Waals surface area contributed by atoms with Crippen LogP contribution in [0.1, 0.15) is 19.5 Å². The number of benzene rings is 1. The maximum Gasteiger partial charge on any atom is 0.161 e. The van der Waals surface area contributed by atoms with Crippen molar-refractivity contribution in [1.29, 1.82) is 0 Å². The topological polar surface area (TPSA) is 58.4 Å². The molecule has 1 fully saturated rings. The minimum atomic E-state index is 0.486. The van der Waals surface area contributed by atoms with Gasteiger partial charge in [0.1, 0.15) is 5.65 Å². The lowest BCUT2D eigenvalue weighted by atomic mass is 10.1. The fourth-order valence-electron chi connectivity index (χ4n) is 4.15. The largest absolute Gasteiger partial charge is 0.368 e. The van der Waals surface area contributed by atoms with Gasteiger partial charge in [-0.25, -0.2) is 15.0 Å². The summed E-state index contributed by atoms with van der Waals surface area (Å²) in [6.07, 6.45) is 5.98. The van der Waals surface area contributed by atoms with E-state index < -0.39 is 0 Å². The first-order valence-corrected chi connectivity index (χ1v) is 9.79. The van der Waals surface area contributed by atoms with Gasteiger partial charge < -0.3 is 14.6 Å². The van der Waals surface area contributed by atoms with Crippen LogP contribution < -0.4 is 10.2 Å². The summed E-state index contributed by atoms with van der Waals surface area (Å²) >= 11 is 0. The lowest BCUT2D eigenvalue weighted by Gasteiger charge is -2.37. The SMILES string of the molecule is Cc1cn2cc(-c3ncc4cc(N5C[C@H](C)N[C@@H](C)C5)ccc4n3)ccc2n1. The first-order chi connectivity index (χ1) is 13.5. The third-order valence-corrected chi connectivity index (χ3v) is 5.32. The molecule has 6 nitrogen and oxygen atoms in total. The predicted molar refractivity (Wildman–Crippen MR) is 113 cm³/mol. The molecule has 142 valence electrons. The summed E-state index contributed by atoms with van der Waals surface area (Å²) in [7, 11) is 0. The molecule has 0 bridgehead atoms. The second-order valence-electron chi connectivity index (χ2n) is 7.88. The van der Waals surface area contributed by atoms with Crippen molar-refractivity contribution in [2.75, 3.05) is 18.0 Å². The van der Waals surface area contributed by atoms with E-state index >= 15 is 0 Å². The fourth-order valence-corrected chi connectivity index (χ4v) is 4.15. The average molecular weight is 372 g/mol. The number of anilines is 1. The number of fused-ring (bicyclic) bond motifs is 2. The van der Waals surface area contributed by atoms with E-state index in [-0.39, 0.29) is 0 Å². The van der Waals surface area contributed by atoms with Gasteiger partial charge in [0.25, 0.3) is 0 Å². The second kappa shape index (κ2) is 6.56. The van der Waals surface area contributed by atoms with Crippen molar-refractivity contribution in [1.82, 2.24) is 24.7 Å². The predicted octanol–water partition coefficient (Wildman–Crippen LogP) is 3.44. The first kappa shape index (κ1) is 17.1. The highest BCUT2D eigenvalue weighted by Crippen LogP contribution is 2.25. The van der Waals surface area contributed by atoms with E-state index in [1.807, 2.05) is 42.0 Å². The Kier molecular flexibility index (Phi) is 4.02. The van der Waals surface area contributed by atoms with Crippen LogP contribution in [0.4, 0.5) is 5.69 Å². The molecule has 0 saturated carbocycles. The molecular formula is C22H24N6. The molecule has 0 spiro atoms. The Morgan fingerprint density at radius 1 is 1.00 bits per heavy atom. The Morgan fingerprint density at radius 3 is 2.64 bits per heavy atom. The number of hydrogen-bond donors (Lipinski definition) is 1. The molecule has 2 atom stereocenters. The Balaban J connectivity index is 1.49. The number of rotatable bonds is 2. The molecular weight excluding hydrogens is 348 g/mol. The number of hydrogen-bond acceptors (Lipinski definition) is 5. The molecule has 0 unspecified atom stereocenters. The van der Waals surface area contributed by atoms with Crippen molar-refractivity contribution in [3.8, 4) is 11.4 Å². The van der Waals surface area contributed by atoms with Crippen molar-refractivity contribution in [3.05, 3.63) is 54.6 Å². The van der Waals surface area contributed by atoms with Gasteiger partial charge in [-0.05, 0) is 51.1 Å². The third kappa shape index (κ3) is 3.10. The molecule has 6 heteroatoms. The van der Waals surface area contributed by atoms with E-state index in [2.05, 4.69) is 52.2 Å². The van der Waals surface area contributed by atoms with Gasteiger partial charge in [-0.15, -0.1) is 0 Å². The van der Waals surface area contributed by atoms with E-state index in [0.717, 1.165) is 46.7 Å². The van der Waals surface area contributed by atoms with Crippen LogP contribution in [0, 0.1) is 6.92 Å². The number of piperazine rings is 1. The zero-order valence-electron chi connectivity index (χ0n) is 16.4. The van der Waals surface area contributed by atoms with Gasteiger partial charge in [0.15, 0.2) is 5.82 Å². The summed E-state index contributed by atoms with van der Waals surface area (Å²) in [4.78, 5) is 16.3. The number of aryl methyl sites for hydroxylation is 1. The minimum absolute atomic E-state index is 0.486. The number of pyridine rings is 1. The average Bonchev–Trinajstić information content (AvgIpc) is 3.05. The van der Waals surface area contributed by atoms with Gasteiger partial charge >= 0.3 is 0 Å². The van der Waals surface area contributed by atoms with Crippen molar-refractivity contribution in [2.24, 2.45) is 0 Å². The van der Waals surface area contributed by atoms with E-state index in [1.165, 1.54) is 5.69 Å². The lowest BCUT2D eigenvalue weighted by molar-refractivity contribution is 0.407. The molecule has 0 radical (unpaired) electrons. The molecule has 1 aromatic carbocycles.